The lowest BCUT2D eigenvalue weighted by atomic mass is 10.2. The van der Waals surface area contributed by atoms with Gasteiger partial charge in [0.15, 0.2) is 0 Å². The molecule has 3 rings (SSSR count). The molecule has 0 unspecified atom stereocenters. The summed E-state index contributed by atoms with van der Waals surface area (Å²) in [6.45, 7) is 1.83. The van der Waals surface area contributed by atoms with Gasteiger partial charge in [0.05, 0.1) is 39.0 Å². The SMILES string of the molecule is CCOc1ccc(S(=O)(=O)Nc2cc(C(F)(F)F)ccc2Cl)cc1NC(=O)c1ccccc1F. The van der Waals surface area contributed by atoms with Crippen molar-refractivity contribution in [2.45, 2.75) is 18.0 Å². The topological polar surface area (TPSA) is 84.5 Å². The van der Waals surface area contributed by atoms with Gasteiger partial charge in [-0.2, -0.15) is 13.2 Å². The van der Waals surface area contributed by atoms with Gasteiger partial charge in [0.2, 0.25) is 0 Å². The molecule has 6 nitrogen and oxygen atoms in total. The minimum absolute atomic E-state index is 0.0897. The van der Waals surface area contributed by atoms with E-state index in [2.05, 4.69) is 5.32 Å². The lowest BCUT2D eigenvalue weighted by molar-refractivity contribution is -0.137. The molecular formula is C22H17ClF4N2O4S. The number of hydrogen-bond donors (Lipinski definition) is 2. The summed E-state index contributed by atoms with van der Waals surface area (Å²) < 4.78 is 86.2. The quantitative estimate of drug-likeness (QED) is 0.380. The molecule has 1 amide bonds. The number of amides is 1. The van der Waals surface area contributed by atoms with Gasteiger partial charge in [-0.3, -0.25) is 9.52 Å². The molecule has 0 saturated heterocycles. The Balaban J connectivity index is 1.97. The second-order valence-corrected chi connectivity index (χ2v) is 8.91. The Labute approximate surface area is 197 Å². The molecule has 0 fully saturated rings. The molecule has 0 bridgehead atoms. The van der Waals surface area contributed by atoms with Crippen LogP contribution in [0.25, 0.3) is 0 Å². The highest BCUT2D eigenvalue weighted by atomic mass is 35.5. The number of carbonyl (C=O) groups is 1. The van der Waals surface area contributed by atoms with E-state index in [0.717, 1.165) is 24.3 Å². The highest BCUT2D eigenvalue weighted by Gasteiger charge is 2.31. The zero-order valence-electron chi connectivity index (χ0n) is 17.4. The Morgan fingerprint density at radius 2 is 1.74 bits per heavy atom. The molecule has 2 N–H and O–H groups in total. The average molecular weight is 517 g/mol. The van der Waals surface area contributed by atoms with Crippen LogP contribution in [0, 0.1) is 5.82 Å². The highest BCUT2D eigenvalue weighted by molar-refractivity contribution is 7.92. The van der Waals surface area contributed by atoms with Crippen molar-refractivity contribution in [1.82, 2.24) is 0 Å². The van der Waals surface area contributed by atoms with Gasteiger partial charge in [-0.25, -0.2) is 12.8 Å². The van der Waals surface area contributed by atoms with Gasteiger partial charge in [-0.15, -0.1) is 0 Å². The molecular weight excluding hydrogens is 500 g/mol. The van der Waals surface area contributed by atoms with Gasteiger partial charge >= 0.3 is 6.18 Å². The Bertz CT molecular complexity index is 1330. The van der Waals surface area contributed by atoms with Crippen LogP contribution >= 0.6 is 11.6 Å². The zero-order valence-corrected chi connectivity index (χ0v) is 19.0. The Morgan fingerprint density at radius 1 is 1.03 bits per heavy atom. The van der Waals surface area contributed by atoms with Gasteiger partial charge in [0.1, 0.15) is 11.6 Å². The van der Waals surface area contributed by atoms with Gasteiger partial charge in [0, 0.05) is 0 Å². The maximum absolute atomic E-state index is 14.0. The number of benzene rings is 3. The third-order valence-corrected chi connectivity index (χ3v) is 6.16. The standard InChI is InChI=1S/C22H17ClF4N2O4S/c1-2-33-20-10-8-14(12-19(20)28-21(30)15-5-3-4-6-17(15)24)34(31,32)29-18-11-13(22(25,26)27)7-9-16(18)23/h3-12,29H,2H2,1H3,(H,28,30). The largest absolute Gasteiger partial charge is 0.492 e. The van der Waals surface area contributed by atoms with E-state index < -0.39 is 44.1 Å². The summed E-state index contributed by atoms with van der Waals surface area (Å²) in [7, 11) is -4.44. The van der Waals surface area contributed by atoms with Crippen molar-refractivity contribution in [3.63, 3.8) is 0 Å². The first kappa shape index (κ1) is 25.3. The number of halogens is 5. The third-order valence-electron chi connectivity index (χ3n) is 4.47. The second kappa shape index (κ2) is 9.90. The Hall–Kier alpha value is -3.31. The predicted octanol–water partition coefficient (Wildman–Crippen LogP) is 5.95. The second-order valence-electron chi connectivity index (χ2n) is 6.82. The zero-order chi connectivity index (χ0) is 25.1. The van der Waals surface area contributed by atoms with Crippen LogP contribution in [0.5, 0.6) is 5.75 Å². The van der Waals surface area contributed by atoms with Gasteiger partial charge in [-0.05, 0) is 55.5 Å². The fraction of sp³-hybridized carbons (Fsp3) is 0.136. The summed E-state index contributed by atoms with van der Waals surface area (Å²) in [4.78, 5) is 12.1. The number of sulfonamides is 1. The van der Waals surface area contributed by atoms with Crippen molar-refractivity contribution in [2.24, 2.45) is 0 Å². The van der Waals surface area contributed by atoms with E-state index in [0.29, 0.717) is 12.1 Å². The van der Waals surface area contributed by atoms with E-state index in [9.17, 15) is 30.8 Å². The van der Waals surface area contributed by atoms with Crippen LogP contribution in [-0.4, -0.2) is 20.9 Å². The Kier molecular flexibility index (Phi) is 7.37. The van der Waals surface area contributed by atoms with Gasteiger partial charge in [-0.1, -0.05) is 23.7 Å². The molecule has 3 aromatic carbocycles. The summed E-state index contributed by atoms with van der Waals surface area (Å²) in [5.74, 6) is -1.55. The van der Waals surface area contributed by atoms with Crippen LogP contribution < -0.4 is 14.8 Å². The fourth-order valence-corrected chi connectivity index (χ4v) is 4.19. The molecule has 34 heavy (non-hydrogen) atoms. The number of carbonyl (C=O) groups excluding carboxylic acids is 1. The smallest absolute Gasteiger partial charge is 0.416 e. The summed E-state index contributed by atoms with van der Waals surface area (Å²) in [5.41, 5.74) is -1.96. The maximum Gasteiger partial charge on any atom is 0.416 e. The maximum atomic E-state index is 14.0. The fourth-order valence-electron chi connectivity index (χ4n) is 2.87. The predicted molar refractivity (Wildman–Crippen MR) is 119 cm³/mol. The molecule has 3 aromatic rings. The van der Waals surface area contributed by atoms with E-state index >= 15 is 0 Å². The van der Waals surface area contributed by atoms with E-state index in [1.165, 1.54) is 24.3 Å². The summed E-state index contributed by atoms with van der Waals surface area (Å²) >= 11 is 5.88. The summed E-state index contributed by atoms with van der Waals surface area (Å²) in [6, 6.07) is 10.8. The van der Waals surface area contributed by atoms with Crippen molar-refractivity contribution in [3.8, 4) is 5.75 Å². The number of hydrogen-bond acceptors (Lipinski definition) is 4. The van der Waals surface area contributed by atoms with Crippen LogP contribution in [0.3, 0.4) is 0 Å². The molecule has 0 aromatic heterocycles. The monoisotopic (exact) mass is 516 g/mol. The molecule has 0 aliphatic carbocycles. The van der Waals surface area contributed by atoms with Crippen molar-refractivity contribution >= 4 is 38.9 Å². The summed E-state index contributed by atoms with van der Waals surface area (Å²) in [5, 5.41) is 2.14. The molecule has 12 heteroatoms. The first-order valence-electron chi connectivity index (χ1n) is 9.64. The van der Waals surface area contributed by atoms with Crippen molar-refractivity contribution < 1.29 is 35.5 Å². The highest BCUT2D eigenvalue weighted by Crippen LogP contribution is 2.35. The van der Waals surface area contributed by atoms with E-state index in [1.54, 1.807) is 6.92 Å². The Morgan fingerprint density at radius 3 is 2.38 bits per heavy atom. The van der Waals surface area contributed by atoms with Crippen molar-refractivity contribution in [2.75, 3.05) is 16.6 Å². The van der Waals surface area contributed by atoms with Crippen LogP contribution in [0.2, 0.25) is 5.02 Å². The van der Waals surface area contributed by atoms with E-state index in [4.69, 9.17) is 16.3 Å². The van der Waals surface area contributed by atoms with Crippen LogP contribution in [0.15, 0.2) is 65.6 Å². The summed E-state index contributed by atoms with van der Waals surface area (Å²) in [6.07, 6.45) is -4.71. The van der Waals surface area contributed by atoms with E-state index in [-0.39, 0.29) is 28.6 Å². The van der Waals surface area contributed by atoms with Gasteiger partial charge in [0.25, 0.3) is 15.9 Å². The third kappa shape index (κ3) is 5.78. The molecule has 0 heterocycles. The minimum Gasteiger partial charge on any atom is -0.492 e. The molecule has 0 saturated carbocycles. The average Bonchev–Trinajstić information content (AvgIpc) is 2.76. The van der Waals surface area contributed by atoms with Crippen LogP contribution in [0.4, 0.5) is 28.9 Å². The molecule has 0 spiro atoms. The molecule has 0 radical (unpaired) electrons. The van der Waals surface area contributed by atoms with Crippen LogP contribution in [-0.2, 0) is 16.2 Å². The van der Waals surface area contributed by atoms with Gasteiger partial charge < -0.3 is 10.1 Å². The lowest BCUT2D eigenvalue weighted by Crippen LogP contribution is -2.17. The van der Waals surface area contributed by atoms with E-state index in [1.807, 2.05) is 4.72 Å². The first-order chi connectivity index (χ1) is 15.9. The lowest BCUT2D eigenvalue weighted by Gasteiger charge is -2.16. The number of nitrogens with one attached hydrogen (secondary N) is 2. The first-order valence-corrected chi connectivity index (χ1v) is 11.5. The molecule has 0 atom stereocenters. The number of rotatable bonds is 7. The molecule has 0 aliphatic heterocycles. The van der Waals surface area contributed by atoms with Crippen molar-refractivity contribution in [1.29, 1.82) is 0 Å². The number of anilines is 2. The number of alkyl halides is 3. The number of ether oxygens (including phenoxy) is 1. The molecule has 180 valence electrons. The molecule has 0 aliphatic rings. The minimum atomic E-state index is -4.71. The normalized spacial score (nSPS) is 11.7. The van der Waals surface area contributed by atoms with Crippen LogP contribution in [0.1, 0.15) is 22.8 Å². The van der Waals surface area contributed by atoms with Crippen molar-refractivity contribution in [3.05, 3.63) is 82.6 Å².